The Hall–Kier alpha value is -1.45. The van der Waals surface area contributed by atoms with E-state index < -0.39 is 17.5 Å². The van der Waals surface area contributed by atoms with Gasteiger partial charge in [-0.25, -0.2) is 8.78 Å². The van der Waals surface area contributed by atoms with Gasteiger partial charge in [0.05, 0.1) is 0 Å². The van der Waals surface area contributed by atoms with Crippen LogP contribution in [0.1, 0.15) is 37.6 Å². The first-order valence-electron chi connectivity index (χ1n) is 5.65. The van der Waals surface area contributed by atoms with Crippen LogP contribution in [0.4, 0.5) is 8.78 Å². The lowest BCUT2D eigenvalue weighted by Gasteiger charge is -2.15. The third kappa shape index (κ3) is 4.51. The van der Waals surface area contributed by atoms with E-state index in [-0.39, 0.29) is 11.6 Å². The minimum Gasteiger partial charge on any atom is -0.350 e. The summed E-state index contributed by atoms with van der Waals surface area (Å²) in [4.78, 5) is 11.7. The van der Waals surface area contributed by atoms with Gasteiger partial charge in [0.25, 0.3) is 5.91 Å². The van der Waals surface area contributed by atoms with Crippen LogP contribution in [-0.2, 0) is 0 Å². The standard InChI is InChI=1S/C13H17F2NO/c1-8(2)4-9(3)16-13(17)10-5-11(14)7-12(15)6-10/h5-9H,4H2,1-3H3,(H,16,17). The van der Waals surface area contributed by atoms with E-state index in [0.29, 0.717) is 5.92 Å². The van der Waals surface area contributed by atoms with Gasteiger partial charge in [-0.15, -0.1) is 0 Å². The summed E-state index contributed by atoms with van der Waals surface area (Å²) in [5, 5.41) is 2.71. The van der Waals surface area contributed by atoms with Crippen LogP contribution in [0.15, 0.2) is 18.2 Å². The SMILES string of the molecule is CC(C)CC(C)NC(=O)c1cc(F)cc(F)c1. The first kappa shape index (κ1) is 13.6. The van der Waals surface area contributed by atoms with E-state index in [1.807, 2.05) is 20.8 Å². The molecule has 0 fully saturated rings. The van der Waals surface area contributed by atoms with Crippen molar-refractivity contribution in [2.75, 3.05) is 0 Å². The highest BCUT2D eigenvalue weighted by atomic mass is 19.1. The zero-order chi connectivity index (χ0) is 13.0. The van der Waals surface area contributed by atoms with Crippen LogP contribution in [0.5, 0.6) is 0 Å². The van der Waals surface area contributed by atoms with Crippen LogP contribution in [-0.4, -0.2) is 11.9 Å². The van der Waals surface area contributed by atoms with E-state index in [9.17, 15) is 13.6 Å². The number of rotatable bonds is 4. The number of amides is 1. The molecule has 2 nitrogen and oxygen atoms in total. The van der Waals surface area contributed by atoms with Crippen molar-refractivity contribution < 1.29 is 13.6 Å². The zero-order valence-corrected chi connectivity index (χ0v) is 10.3. The quantitative estimate of drug-likeness (QED) is 0.862. The minimum absolute atomic E-state index is 0.0121. The number of carbonyl (C=O) groups excluding carboxylic acids is 1. The van der Waals surface area contributed by atoms with Crippen molar-refractivity contribution in [3.63, 3.8) is 0 Å². The Balaban J connectivity index is 2.69. The number of nitrogens with one attached hydrogen (secondary N) is 1. The Morgan fingerprint density at radius 1 is 1.18 bits per heavy atom. The third-order valence-electron chi connectivity index (χ3n) is 2.33. The molecule has 94 valence electrons. The van der Waals surface area contributed by atoms with Crippen molar-refractivity contribution in [1.82, 2.24) is 5.32 Å². The molecule has 0 bridgehead atoms. The molecule has 0 radical (unpaired) electrons. The van der Waals surface area contributed by atoms with Gasteiger partial charge < -0.3 is 5.32 Å². The molecule has 1 amide bonds. The highest BCUT2D eigenvalue weighted by molar-refractivity contribution is 5.94. The summed E-state index contributed by atoms with van der Waals surface area (Å²) in [7, 11) is 0. The number of halogens is 2. The van der Waals surface area contributed by atoms with Crippen molar-refractivity contribution >= 4 is 5.91 Å². The third-order valence-corrected chi connectivity index (χ3v) is 2.33. The molecule has 0 aliphatic rings. The second kappa shape index (κ2) is 5.75. The van der Waals surface area contributed by atoms with Crippen molar-refractivity contribution in [1.29, 1.82) is 0 Å². The Bertz CT molecular complexity index is 384. The summed E-state index contributed by atoms with van der Waals surface area (Å²) in [6.45, 7) is 5.96. The number of hydrogen-bond acceptors (Lipinski definition) is 1. The Labute approximate surface area is 100 Å². The first-order chi connectivity index (χ1) is 7.88. The van der Waals surface area contributed by atoms with Gasteiger partial charge in [-0.1, -0.05) is 13.8 Å². The number of hydrogen-bond donors (Lipinski definition) is 1. The second-order valence-corrected chi connectivity index (χ2v) is 4.66. The highest BCUT2D eigenvalue weighted by Crippen LogP contribution is 2.09. The van der Waals surface area contributed by atoms with Crippen LogP contribution in [0.2, 0.25) is 0 Å². The molecule has 1 N–H and O–H groups in total. The summed E-state index contributed by atoms with van der Waals surface area (Å²) >= 11 is 0. The van der Waals surface area contributed by atoms with Crippen LogP contribution < -0.4 is 5.32 Å². The lowest BCUT2D eigenvalue weighted by Crippen LogP contribution is -2.33. The molecule has 1 rings (SSSR count). The van der Waals surface area contributed by atoms with Crippen LogP contribution >= 0.6 is 0 Å². The maximum Gasteiger partial charge on any atom is 0.251 e. The lowest BCUT2D eigenvalue weighted by atomic mass is 10.0. The predicted molar refractivity (Wildman–Crippen MR) is 62.7 cm³/mol. The fourth-order valence-corrected chi connectivity index (χ4v) is 1.76. The van der Waals surface area contributed by atoms with Gasteiger partial charge in [-0.2, -0.15) is 0 Å². The van der Waals surface area contributed by atoms with Gasteiger partial charge in [0.1, 0.15) is 11.6 Å². The van der Waals surface area contributed by atoms with Gasteiger partial charge in [-0.3, -0.25) is 4.79 Å². The molecule has 17 heavy (non-hydrogen) atoms. The predicted octanol–water partition coefficient (Wildman–Crippen LogP) is 3.13. The average molecular weight is 241 g/mol. The molecule has 0 aromatic heterocycles. The maximum absolute atomic E-state index is 12.9. The Morgan fingerprint density at radius 3 is 2.18 bits per heavy atom. The maximum atomic E-state index is 12.9. The summed E-state index contributed by atoms with van der Waals surface area (Å²) in [6, 6.07) is 2.78. The molecular weight excluding hydrogens is 224 g/mol. The normalized spacial score (nSPS) is 12.6. The Kier molecular flexibility index (Phi) is 4.61. The summed E-state index contributed by atoms with van der Waals surface area (Å²) in [5.74, 6) is -1.48. The van der Waals surface area contributed by atoms with Crippen LogP contribution in [0, 0.1) is 17.6 Å². The zero-order valence-electron chi connectivity index (χ0n) is 10.3. The molecule has 1 atom stereocenters. The van der Waals surface area contributed by atoms with Crippen molar-refractivity contribution in [3.05, 3.63) is 35.4 Å². The molecule has 0 aliphatic heterocycles. The Morgan fingerprint density at radius 2 is 1.71 bits per heavy atom. The molecule has 0 saturated heterocycles. The monoisotopic (exact) mass is 241 g/mol. The van der Waals surface area contributed by atoms with Gasteiger partial charge in [-0.05, 0) is 31.4 Å². The second-order valence-electron chi connectivity index (χ2n) is 4.66. The number of carbonyl (C=O) groups is 1. The van der Waals surface area contributed by atoms with Gasteiger partial charge >= 0.3 is 0 Å². The van der Waals surface area contributed by atoms with Gasteiger partial charge in [0, 0.05) is 17.7 Å². The molecule has 0 aliphatic carbocycles. The molecule has 4 heteroatoms. The fourth-order valence-electron chi connectivity index (χ4n) is 1.76. The smallest absolute Gasteiger partial charge is 0.251 e. The molecule has 0 spiro atoms. The molecule has 1 aromatic carbocycles. The molecule has 0 heterocycles. The van der Waals surface area contributed by atoms with E-state index in [1.54, 1.807) is 0 Å². The summed E-state index contributed by atoms with van der Waals surface area (Å²) < 4.78 is 25.8. The van der Waals surface area contributed by atoms with E-state index in [1.165, 1.54) is 0 Å². The summed E-state index contributed by atoms with van der Waals surface area (Å²) in [6.07, 6.45) is 0.823. The van der Waals surface area contributed by atoms with Crippen molar-refractivity contribution in [2.24, 2.45) is 5.92 Å². The van der Waals surface area contributed by atoms with Crippen molar-refractivity contribution in [3.8, 4) is 0 Å². The summed E-state index contributed by atoms with van der Waals surface area (Å²) in [5.41, 5.74) is 0.0121. The van der Waals surface area contributed by atoms with E-state index >= 15 is 0 Å². The average Bonchev–Trinajstić information content (AvgIpc) is 2.14. The van der Waals surface area contributed by atoms with Crippen LogP contribution in [0.25, 0.3) is 0 Å². The van der Waals surface area contributed by atoms with E-state index in [0.717, 1.165) is 24.6 Å². The molecule has 0 saturated carbocycles. The molecular formula is C13H17F2NO. The van der Waals surface area contributed by atoms with Crippen molar-refractivity contribution in [2.45, 2.75) is 33.2 Å². The van der Waals surface area contributed by atoms with E-state index in [4.69, 9.17) is 0 Å². The highest BCUT2D eigenvalue weighted by Gasteiger charge is 2.12. The van der Waals surface area contributed by atoms with Gasteiger partial charge in [0.15, 0.2) is 0 Å². The molecule has 1 unspecified atom stereocenters. The van der Waals surface area contributed by atoms with E-state index in [2.05, 4.69) is 5.32 Å². The first-order valence-corrected chi connectivity index (χ1v) is 5.65. The largest absolute Gasteiger partial charge is 0.350 e. The lowest BCUT2D eigenvalue weighted by molar-refractivity contribution is 0.0935. The van der Waals surface area contributed by atoms with Crippen LogP contribution in [0.3, 0.4) is 0 Å². The topological polar surface area (TPSA) is 29.1 Å². The molecule has 1 aromatic rings. The number of benzene rings is 1. The van der Waals surface area contributed by atoms with Gasteiger partial charge in [0.2, 0.25) is 0 Å². The minimum atomic E-state index is -0.744. The fraction of sp³-hybridized carbons (Fsp3) is 0.462.